The smallest absolute Gasteiger partial charge is 0.242 e. The molecule has 0 saturated heterocycles. The van der Waals surface area contributed by atoms with Crippen LogP contribution in [-0.2, 0) is 10.0 Å². The van der Waals surface area contributed by atoms with Gasteiger partial charge in [0.25, 0.3) is 0 Å². The van der Waals surface area contributed by atoms with Gasteiger partial charge in [-0.1, -0.05) is 11.6 Å². The number of sulfonamides is 1. The summed E-state index contributed by atoms with van der Waals surface area (Å²) in [6.07, 6.45) is -0.917. The summed E-state index contributed by atoms with van der Waals surface area (Å²) in [6.45, 7) is 4.49. The minimum Gasteiger partial charge on any atom is -0.391 e. The lowest BCUT2D eigenvalue weighted by molar-refractivity contribution is 0.111. The first kappa shape index (κ1) is 15.4. The molecule has 7 heteroatoms. The summed E-state index contributed by atoms with van der Waals surface area (Å²) in [5.74, 6) is -0.699. The summed E-state index contributed by atoms with van der Waals surface area (Å²) in [4.78, 5) is -0.349. The molecule has 0 aliphatic rings. The lowest BCUT2D eigenvalue weighted by Crippen LogP contribution is -2.50. The van der Waals surface area contributed by atoms with Gasteiger partial charge in [-0.05, 0) is 39.0 Å². The van der Waals surface area contributed by atoms with E-state index >= 15 is 0 Å². The zero-order chi connectivity index (χ0) is 14.1. The Morgan fingerprint density at radius 1 is 1.44 bits per heavy atom. The van der Waals surface area contributed by atoms with Crippen LogP contribution in [-0.4, -0.2) is 25.2 Å². The van der Waals surface area contributed by atoms with Gasteiger partial charge < -0.3 is 5.11 Å². The fourth-order valence-corrected chi connectivity index (χ4v) is 3.16. The van der Waals surface area contributed by atoms with E-state index in [-0.39, 0.29) is 9.92 Å². The Hall–Kier alpha value is -0.690. The Morgan fingerprint density at radius 3 is 2.50 bits per heavy atom. The lowest BCUT2D eigenvalue weighted by atomic mass is 10.0. The van der Waals surface area contributed by atoms with E-state index in [9.17, 15) is 17.9 Å². The summed E-state index contributed by atoms with van der Waals surface area (Å²) < 4.78 is 39.5. The molecule has 0 fully saturated rings. The zero-order valence-electron chi connectivity index (χ0n) is 10.2. The maximum absolute atomic E-state index is 13.1. The topological polar surface area (TPSA) is 66.4 Å². The van der Waals surface area contributed by atoms with Gasteiger partial charge in [0.05, 0.1) is 16.7 Å². The Kier molecular flexibility index (Phi) is 4.38. The van der Waals surface area contributed by atoms with E-state index in [1.54, 1.807) is 0 Å². The highest BCUT2D eigenvalue weighted by Crippen LogP contribution is 2.24. The third-order valence-corrected chi connectivity index (χ3v) is 4.78. The average molecular weight is 296 g/mol. The second-order valence-electron chi connectivity index (χ2n) is 4.58. The predicted molar refractivity (Wildman–Crippen MR) is 67.5 cm³/mol. The van der Waals surface area contributed by atoms with Gasteiger partial charge in [-0.2, -0.15) is 0 Å². The van der Waals surface area contributed by atoms with E-state index < -0.39 is 27.5 Å². The van der Waals surface area contributed by atoms with Crippen molar-refractivity contribution in [3.05, 3.63) is 29.0 Å². The molecule has 1 rings (SSSR count). The van der Waals surface area contributed by atoms with Gasteiger partial charge in [0.15, 0.2) is 0 Å². The van der Waals surface area contributed by atoms with Crippen molar-refractivity contribution in [3.63, 3.8) is 0 Å². The van der Waals surface area contributed by atoms with Crippen molar-refractivity contribution in [2.45, 2.75) is 37.3 Å². The predicted octanol–water partition coefficient (Wildman–Crippen LogP) is 1.92. The summed E-state index contributed by atoms with van der Waals surface area (Å²) in [5.41, 5.74) is -1.09. The SMILES string of the molecule is CC(O)C(C)(C)NS(=O)(=O)c1cc(F)ccc1Cl. The number of benzene rings is 1. The van der Waals surface area contributed by atoms with Crippen molar-refractivity contribution in [3.8, 4) is 0 Å². The molecule has 4 nitrogen and oxygen atoms in total. The maximum atomic E-state index is 13.1. The molecule has 18 heavy (non-hydrogen) atoms. The molecule has 0 radical (unpaired) electrons. The Bertz CT molecular complexity index is 543. The second-order valence-corrected chi connectivity index (χ2v) is 6.64. The molecule has 1 aromatic rings. The normalized spacial score (nSPS) is 14.6. The Balaban J connectivity index is 3.19. The largest absolute Gasteiger partial charge is 0.391 e. The second kappa shape index (κ2) is 5.13. The molecule has 0 aromatic heterocycles. The van der Waals surface area contributed by atoms with Crippen molar-refractivity contribution in [2.24, 2.45) is 0 Å². The highest BCUT2D eigenvalue weighted by atomic mass is 35.5. The first-order chi connectivity index (χ1) is 8.06. The minimum atomic E-state index is -4.00. The van der Waals surface area contributed by atoms with Crippen LogP contribution in [0.1, 0.15) is 20.8 Å². The molecular formula is C11H15ClFNO3S. The molecule has 1 atom stereocenters. The van der Waals surface area contributed by atoms with E-state index in [1.807, 2.05) is 0 Å². The van der Waals surface area contributed by atoms with Gasteiger partial charge >= 0.3 is 0 Å². The molecule has 0 amide bonds. The van der Waals surface area contributed by atoms with Crippen LogP contribution in [0.15, 0.2) is 23.1 Å². The average Bonchev–Trinajstić information content (AvgIpc) is 2.19. The molecule has 1 aromatic carbocycles. The van der Waals surface area contributed by atoms with Gasteiger partial charge in [0, 0.05) is 0 Å². The third-order valence-electron chi connectivity index (χ3n) is 2.62. The number of halogens is 2. The molecule has 1 unspecified atom stereocenters. The molecule has 0 aliphatic carbocycles. The van der Waals surface area contributed by atoms with Crippen LogP contribution in [0, 0.1) is 5.82 Å². The van der Waals surface area contributed by atoms with E-state index in [2.05, 4.69) is 4.72 Å². The number of rotatable bonds is 4. The number of hydrogen-bond acceptors (Lipinski definition) is 3. The van der Waals surface area contributed by atoms with Gasteiger partial charge in [-0.3, -0.25) is 0 Å². The van der Waals surface area contributed by atoms with Crippen LogP contribution in [0.25, 0.3) is 0 Å². The van der Waals surface area contributed by atoms with Crippen molar-refractivity contribution < 1.29 is 17.9 Å². The Labute approximate surface area is 111 Å². The molecule has 102 valence electrons. The van der Waals surface area contributed by atoms with E-state index in [0.29, 0.717) is 0 Å². The summed E-state index contributed by atoms with van der Waals surface area (Å²) in [5, 5.41) is 9.40. The first-order valence-electron chi connectivity index (χ1n) is 5.23. The Morgan fingerprint density at radius 2 is 2.00 bits per heavy atom. The van der Waals surface area contributed by atoms with Crippen LogP contribution in [0.4, 0.5) is 4.39 Å². The fourth-order valence-electron chi connectivity index (χ4n) is 1.17. The van der Waals surface area contributed by atoms with Crippen LogP contribution >= 0.6 is 11.6 Å². The number of nitrogens with one attached hydrogen (secondary N) is 1. The molecule has 0 bridgehead atoms. The van der Waals surface area contributed by atoms with Crippen molar-refractivity contribution >= 4 is 21.6 Å². The molecule has 0 aliphatic heterocycles. The monoisotopic (exact) mass is 295 g/mol. The molecule has 0 heterocycles. The molecule has 0 spiro atoms. The molecular weight excluding hydrogens is 281 g/mol. The van der Waals surface area contributed by atoms with Crippen LogP contribution in [0.5, 0.6) is 0 Å². The fraction of sp³-hybridized carbons (Fsp3) is 0.455. The zero-order valence-corrected chi connectivity index (χ0v) is 11.8. The van der Waals surface area contributed by atoms with Gasteiger partial charge in [-0.15, -0.1) is 0 Å². The van der Waals surface area contributed by atoms with Crippen LogP contribution in [0.2, 0.25) is 5.02 Å². The molecule has 2 N–H and O–H groups in total. The first-order valence-corrected chi connectivity index (χ1v) is 7.09. The maximum Gasteiger partial charge on any atom is 0.242 e. The quantitative estimate of drug-likeness (QED) is 0.892. The van der Waals surface area contributed by atoms with Gasteiger partial charge in [-0.25, -0.2) is 17.5 Å². The minimum absolute atomic E-state index is 0.0784. The number of hydrogen-bond donors (Lipinski definition) is 2. The summed E-state index contributed by atoms with van der Waals surface area (Å²) >= 11 is 5.74. The van der Waals surface area contributed by atoms with E-state index in [0.717, 1.165) is 12.1 Å². The van der Waals surface area contributed by atoms with Gasteiger partial charge in [0.2, 0.25) is 10.0 Å². The summed E-state index contributed by atoms with van der Waals surface area (Å²) in [7, 11) is -4.00. The third kappa shape index (κ3) is 3.41. The van der Waals surface area contributed by atoms with Crippen LogP contribution in [0.3, 0.4) is 0 Å². The standard InChI is InChI=1S/C11H15ClFNO3S/c1-7(15)11(2,3)14-18(16,17)10-6-8(13)4-5-9(10)12/h4-7,14-15H,1-3H3. The van der Waals surface area contributed by atoms with E-state index in [1.165, 1.54) is 26.8 Å². The van der Waals surface area contributed by atoms with Crippen molar-refractivity contribution in [1.82, 2.24) is 4.72 Å². The number of aliphatic hydroxyl groups is 1. The highest BCUT2D eigenvalue weighted by Gasteiger charge is 2.31. The number of aliphatic hydroxyl groups excluding tert-OH is 1. The van der Waals surface area contributed by atoms with Crippen molar-refractivity contribution in [2.75, 3.05) is 0 Å². The van der Waals surface area contributed by atoms with Crippen molar-refractivity contribution in [1.29, 1.82) is 0 Å². The highest BCUT2D eigenvalue weighted by molar-refractivity contribution is 7.89. The lowest BCUT2D eigenvalue weighted by Gasteiger charge is -2.29. The summed E-state index contributed by atoms with van der Waals surface area (Å²) in [6, 6.07) is 3.07. The van der Waals surface area contributed by atoms with Gasteiger partial charge in [0.1, 0.15) is 10.7 Å². The van der Waals surface area contributed by atoms with E-state index in [4.69, 9.17) is 11.6 Å². The molecule has 0 saturated carbocycles. The van der Waals surface area contributed by atoms with Crippen LogP contribution < -0.4 is 4.72 Å².